The first-order valence-electron chi connectivity index (χ1n) is 11.7. The Labute approximate surface area is 202 Å². The fourth-order valence-corrected chi connectivity index (χ4v) is 4.46. The van der Waals surface area contributed by atoms with E-state index in [0.29, 0.717) is 24.3 Å². The van der Waals surface area contributed by atoms with Crippen LogP contribution in [0.5, 0.6) is 5.75 Å². The standard InChI is InChI=1S/C27H35N3O4/c1-6-29(7-2)20-15-13-19(14-16-20)24-23(25(31)21-11-8-9-12-22(21)34-5)26(32)27(33)30(24)18-10-17-28(3)4/h8-9,11-16,24,31H,6-7,10,17-18H2,1-5H3/b25-23-. The van der Waals surface area contributed by atoms with Crippen molar-refractivity contribution in [3.05, 3.63) is 65.2 Å². The van der Waals surface area contributed by atoms with E-state index >= 15 is 0 Å². The monoisotopic (exact) mass is 465 g/mol. The summed E-state index contributed by atoms with van der Waals surface area (Å²) in [5.74, 6) is -1.04. The molecule has 2 aromatic carbocycles. The number of methoxy groups -OCH3 is 1. The van der Waals surface area contributed by atoms with Crippen molar-refractivity contribution >= 4 is 23.1 Å². The number of nitrogens with zero attached hydrogens (tertiary/aromatic N) is 3. The first-order chi connectivity index (χ1) is 16.3. The van der Waals surface area contributed by atoms with Gasteiger partial charge in [0.25, 0.3) is 11.7 Å². The Hall–Kier alpha value is -3.32. The quantitative estimate of drug-likeness (QED) is 0.326. The third kappa shape index (κ3) is 5.09. The summed E-state index contributed by atoms with van der Waals surface area (Å²) >= 11 is 0. The van der Waals surface area contributed by atoms with Gasteiger partial charge in [0.1, 0.15) is 11.5 Å². The molecule has 7 nitrogen and oxygen atoms in total. The highest BCUT2D eigenvalue weighted by molar-refractivity contribution is 6.46. The molecule has 7 heteroatoms. The number of ketones is 1. The summed E-state index contributed by atoms with van der Waals surface area (Å²) in [5.41, 5.74) is 2.34. The van der Waals surface area contributed by atoms with Gasteiger partial charge in [0.15, 0.2) is 0 Å². The molecule has 0 aromatic heterocycles. The van der Waals surface area contributed by atoms with E-state index in [9.17, 15) is 14.7 Å². The lowest BCUT2D eigenvalue weighted by molar-refractivity contribution is -0.139. The Bertz CT molecular complexity index is 1040. The maximum absolute atomic E-state index is 13.2. The minimum Gasteiger partial charge on any atom is -0.507 e. The molecule has 0 spiro atoms. The predicted octanol–water partition coefficient (Wildman–Crippen LogP) is 3.91. The maximum atomic E-state index is 13.2. The van der Waals surface area contributed by atoms with Crippen LogP contribution in [0.15, 0.2) is 54.1 Å². The Morgan fingerprint density at radius 2 is 1.68 bits per heavy atom. The van der Waals surface area contributed by atoms with E-state index in [1.807, 2.05) is 43.3 Å². The second-order valence-electron chi connectivity index (χ2n) is 8.61. The highest BCUT2D eigenvalue weighted by atomic mass is 16.5. The van der Waals surface area contributed by atoms with Crippen molar-refractivity contribution in [3.63, 3.8) is 0 Å². The van der Waals surface area contributed by atoms with Gasteiger partial charge < -0.3 is 24.5 Å². The van der Waals surface area contributed by atoms with Crippen LogP contribution in [0, 0.1) is 0 Å². The first kappa shape index (κ1) is 25.3. The van der Waals surface area contributed by atoms with Gasteiger partial charge >= 0.3 is 0 Å². The molecule has 3 rings (SSSR count). The van der Waals surface area contributed by atoms with Crippen molar-refractivity contribution in [2.24, 2.45) is 0 Å². The number of aliphatic hydroxyl groups excluding tert-OH is 1. The molecule has 1 saturated heterocycles. The lowest BCUT2D eigenvalue weighted by Crippen LogP contribution is -2.32. The number of aliphatic hydroxyl groups is 1. The number of hydrogen-bond donors (Lipinski definition) is 1. The number of rotatable bonds is 10. The van der Waals surface area contributed by atoms with Crippen molar-refractivity contribution in [2.45, 2.75) is 26.3 Å². The lowest BCUT2D eigenvalue weighted by Gasteiger charge is -2.27. The van der Waals surface area contributed by atoms with Gasteiger partial charge in [0, 0.05) is 25.3 Å². The summed E-state index contributed by atoms with van der Waals surface area (Å²) < 4.78 is 5.40. The normalized spacial score (nSPS) is 17.5. The second-order valence-corrected chi connectivity index (χ2v) is 8.61. The average molecular weight is 466 g/mol. The van der Waals surface area contributed by atoms with Crippen molar-refractivity contribution < 1.29 is 19.4 Å². The van der Waals surface area contributed by atoms with Crippen molar-refractivity contribution in [1.82, 2.24) is 9.80 Å². The highest BCUT2D eigenvalue weighted by Crippen LogP contribution is 2.41. The number of carbonyl (C=O) groups excluding carboxylic acids is 2. The topological polar surface area (TPSA) is 73.3 Å². The zero-order chi connectivity index (χ0) is 24.8. The number of carbonyl (C=O) groups is 2. The fourth-order valence-electron chi connectivity index (χ4n) is 4.46. The number of anilines is 1. The number of likely N-dealkylation sites (tertiary alicyclic amines) is 1. The molecule has 1 heterocycles. The molecular formula is C27H35N3O4. The van der Waals surface area contributed by atoms with Gasteiger partial charge in [-0.25, -0.2) is 0 Å². The number of ether oxygens (including phenoxy) is 1. The first-order valence-corrected chi connectivity index (χ1v) is 11.7. The van der Waals surface area contributed by atoms with E-state index in [1.54, 1.807) is 29.2 Å². The third-order valence-corrected chi connectivity index (χ3v) is 6.24. The van der Waals surface area contributed by atoms with Gasteiger partial charge in [-0.05, 0) is 70.7 Å². The Morgan fingerprint density at radius 1 is 1.03 bits per heavy atom. The summed E-state index contributed by atoms with van der Waals surface area (Å²) in [7, 11) is 5.45. The molecule has 1 unspecified atom stereocenters. The molecule has 0 bridgehead atoms. The minimum atomic E-state index is -0.675. The fraction of sp³-hybridized carbons (Fsp3) is 0.407. The Morgan fingerprint density at radius 3 is 2.26 bits per heavy atom. The lowest BCUT2D eigenvalue weighted by atomic mass is 9.94. The smallest absolute Gasteiger partial charge is 0.295 e. The van der Waals surface area contributed by atoms with Gasteiger partial charge in [-0.15, -0.1) is 0 Å². The third-order valence-electron chi connectivity index (χ3n) is 6.24. The number of Topliss-reactive ketones (excluding diaryl/α,β-unsaturated/α-hetero) is 1. The number of hydrogen-bond acceptors (Lipinski definition) is 6. The van der Waals surface area contributed by atoms with Gasteiger partial charge in [-0.3, -0.25) is 9.59 Å². The maximum Gasteiger partial charge on any atom is 0.295 e. The molecule has 0 saturated carbocycles. The van der Waals surface area contributed by atoms with Crippen LogP contribution >= 0.6 is 0 Å². The Kier molecular flexibility index (Phi) is 8.34. The largest absolute Gasteiger partial charge is 0.507 e. The summed E-state index contributed by atoms with van der Waals surface area (Å²) in [6.07, 6.45) is 0.711. The van der Waals surface area contributed by atoms with Crippen molar-refractivity contribution in [1.29, 1.82) is 0 Å². The predicted molar refractivity (Wildman–Crippen MR) is 135 cm³/mol. The SMILES string of the molecule is CCN(CC)c1ccc(C2/C(=C(/O)c3ccccc3OC)C(=O)C(=O)N2CCCN(C)C)cc1. The minimum absolute atomic E-state index is 0.0925. The van der Waals surface area contributed by atoms with Crippen LogP contribution in [0.1, 0.15) is 37.4 Å². The molecule has 0 aliphatic carbocycles. The highest BCUT2D eigenvalue weighted by Gasteiger charge is 2.46. The van der Waals surface area contributed by atoms with Gasteiger partial charge in [0.05, 0.1) is 24.3 Å². The molecule has 182 valence electrons. The van der Waals surface area contributed by atoms with E-state index < -0.39 is 17.7 Å². The van der Waals surface area contributed by atoms with Crippen molar-refractivity contribution in [3.8, 4) is 5.75 Å². The van der Waals surface area contributed by atoms with Crippen molar-refractivity contribution in [2.75, 3.05) is 52.3 Å². The van der Waals surface area contributed by atoms with Gasteiger partial charge in [0.2, 0.25) is 0 Å². The van der Waals surface area contributed by atoms with E-state index in [-0.39, 0.29) is 11.3 Å². The summed E-state index contributed by atoms with van der Waals surface area (Å²) in [6, 6.07) is 14.2. The molecular weight excluding hydrogens is 430 g/mol. The van der Waals surface area contributed by atoms with Gasteiger partial charge in [-0.2, -0.15) is 0 Å². The summed E-state index contributed by atoms with van der Waals surface area (Å²) in [6.45, 7) is 7.16. The molecule has 1 N–H and O–H groups in total. The average Bonchev–Trinajstić information content (AvgIpc) is 3.09. The molecule has 1 aliphatic rings. The van der Waals surface area contributed by atoms with Gasteiger partial charge in [-0.1, -0.05) is 24.3 Å². The Balaban J connectivity index is 2.11. The number of benzene rings is 2. The zero-order valence-corrected chi connectivity index (χ0v) is 20.7. The van der Waals surface area contributed by atoms with E-state index in [1.165, 1.54) is 7.11 Å². The molecule has 0 radical (unpaired) electrons. The molecule has 1 atom stereocenters. The molecule has 1 aliphatic heterocycles. The molecule has 34 heavy (non-hydrogen) atoms. The van der Waals surface area contributed by atoms with Crippen LogP contribution in [0.4, 0.5) is 5.69 Å². The number of amides is 1. The van der Waals surface area contributed by atoms with Crippen LogP contribution in [-0.4, -0.2) is 74.0 Å². The molecule has 1 amide bonds. The van der Waals surface area contributed by atoms with Crippen LogP contribution in [-0.2, 0) is 9.59 Å². The van der Waals surface area contributed by atoms with E-state index in [4.69, 9.17) is 4.74 Å². The zero-order valence-electron chi connectivity index (χ0n) is 20.7. The van der Waals surface area contributed by atoms with Crippen LogP contribution in [0.25, 0.3) is 5.76 Å². The summed E-state index contributed by atoms with van der Waals surface area (Å²) in [4.78, 5) is 32.2. The second kappa shape index (κ2) is 11.2. The molecule has 2 aromatic rings. The van der Waals surface area contributed by atoms with E-state index in [2.05, 4.69) is 18.7 Å². The van der Waals surface area contributed by atoms with E-state index in [0.717, 1.165) is 30.9 Å². The summed E-state index contributed by atoms with van der Waals surface area (Å²) in [5, 5.41) is 11.3. The van der Waals surface area contributed by atoms with Crippen LogP contribution < -0.4 is 9.64 Å². The molecule has 1 fully saturated rings. The number of para-hydroxylation sites is 1. The van der Waals surface area contributed by atoms with Crippen LogP contribution in [0.3, 0.4) is 0 Å². The van der Waals surface area contributed by atoms with Crippen LogP contribution in [0.2, 0.25) is 0 Å².